The van der Waals surface area contributed by atoms with E-state index in [0.29, 0.717) is 34.3 Å². The van der Waals surface area contributed by atoms with Crippen LogP contribution < -0.4 is 10.6 Å². The smallest absolute Gasteiger partial charge is 0.251 e. The number of fused-ring (bicyclic) bond motifs is 1. The molecule has 0 saturated heterocycles. The van der Waals surface area contributed by atoms with Crippen molar-refractivity contribution < 1.29 is 9.59 Å². The number of amides is 2. The molecule has 1 aromatic carbocycles. The van der Waals surface area contributed by atoms with Crippen LogP contribution in [0.3, 0.4) is 0 Å². The third kappa shape index (κ3) is 3.92. The highest BCUT2D eigenvalue weighted by Gasteiger charge is 2.08. The summed E-state index contributed by atoms with van der Waals surface area (Å²) in [4.78, 5) is 28.3. The third-order valence-corrected chi connectivity index (χ3v) is 3.92. The summed E-state index contributed by atoms with van der Waals surface area (Å²) in [5.74, 6) is -0.517. The zero-order valence-electron chi connectivity index (χ0n) is 14.1. The SMILES string of the molecule is CCNC(=O)c1cccc(NC(=O)/C=C/c2c(Cl)nc3ccccn23)c1. The topological polar surface area (TPSA) is 75.5 Å². The van der Waals surface area contributed by atoms with Gasteiger partial charge in [-0.2, -0.15) is 0 Å². The first-order valence-electron chi connectivity index (χ1n) is 8.08. The van der Waals surface area contributed by atoms with Crippen molar-refractivity contribution in [3.05, 3.63) is 71.1 Å². The predicted octanol–water partition coefficient (Wildman–Crippen LogP) is 3.39. The van der Waals surface area contributed by atoms with E-state index in [1.165, 1.54) is 6.08 Å². The predicted molar refractivity (Wildman–Crippen MR) is 102 cm³/mol. The van der Waals surface area contributed by atoms with Crippen LogP contribution in [0.15, 0.2) is 54.7 Å². The van der Waals surface area contributed by atoms with Crippen molar-refractivity contribution >= 4 is 40.8 Å². The minimum absolute atomic E-state index is 0.184. The van der Waals surface area contributed by atoms with E-state index in [2.05, 4.69) is 15.6 Å². The Balaban J connectivity index is 1.74. The summed E-state index contributed by atoms with van der Waals surface area (Å²) in [7, 11) is 0. The molecular formula is C19H17ClN4O2. The molecular weight excluding hydrogens is 352 g/mol. The van der Waals surface area contributed by atoms with E-state index in [0.717, 1.165) is 0 Å². The molecule has 2 N–H and O–H groups in total. The average Bonchev–Trinajstić information content (AvgIpc) is 2.95. The number of hydrogen-bond donors (Lipinski definition) is 2. The van der Waals surface area contributed by atoms with Gasteiger partial charge in [0.2, 0.25) is 5.91 Å². The fraction of sp³-hybridized carbons (Fsp3) is 0.105. The molecule has 2 heterocycles. The number of pyridine rings is 1. The van der Waals surface area contributed by atoms with Gasteiger partial charge in [0, 0.05) is 30.1 Å². The number of imidazole rings is 1. The van der Waals surface area contributed by atoms with Gasteiger partial charge in [-0.25, -0.2) is 4.98 Å². The van der Waals surface area contributed by atoms with Gasteiger partial charge in [0.15, 0.2) is 5.15 Å². The Morgan fingerprint density at radius 1 is 1.23 bits per heavy atom. The summed E-state index contributed by atoms with van der Waals surface area (Å²) < 4.78 is 1.79. The van der Waals surface area contributed by atoms with Crippen LogP contribution in [0.2, 0.25) is 5.15 Å². The first-order valence-corrected chi connectivity index (χ1v) is 8.46. The molecule has 0 aliphatic heterocycles. The van der Waals surface area contributed by atoms with Crippen LogP contribution in [0.25, 0.3) is 11.7 Å². The lowest BCUT2D eigenvalue weighted by molar-refractivity contribution is -0.111. The molecule has 0 aliphatic rings. The normalized spacial score (nSPS) is 11.0. The van der Waals surface area contributed by atoms with Crippen LogP contribution in [-0.2, 0) is 4.79 Å². The lowest BCUT2D eigenvalue weighted by atomic mass is 10.2. The third-order valence-electron chi connectivity index (χ3n) is 3.64. The second-order valence-electron chi connectivity index (χ2n) is 5.48. The monoisotopic (exact) mass is 368 g/mol. The highest BCUT2D eigenvalue weighted by molar-refractivity contribution is 6.31. The maximum atomic E-state index is 12.2. The zero-order valence-corrected chi connectivity index (χ0v) is 14.8. The van der Waals surface area contributed by atoms with E-state index in [1.807, 2.05) is 31.3 Å². The number of aromatic nitrogens is 2. The maximum absolute atomic E-state index is 12.2. The Morgan fingerprint density at radius 2 is 2.08 bits per heavy atom. The van der Waals surface area contributed by atoms with E-state index in [9.17, 15) is 9.59 Å². The minimum Gasteiger partial charge on any atom is -0.352 e. The maximum Gasteiger partial charge on any atom is 0.251 e. The van der Waals surface area contributed by atoms with Crippen molar-refractivity contribution in [1.82, 2.24) is 14.7 Å². The van der Waals surface area contributed by atoms with Crippen molar-refractivity contribution in [3.8, 4) is 0 Å². The number of benzene rings is 1. The molecule has 0 radical (unpaired) electrons. The van der Waals surface area contributed by atoms with E-state index in [1.54, 1.807) is 34.7 Å². The number of anilines is 1. The summed E-state index contributed by atoms with van der Waals surface area (Å²) >= 11 is 6.14. The van der Waals surface area contributed by atoms with Crippen molar-refractivity contribution in [3.63, 3.8) is 0 Å². The molecule has 0 bridgehead atoms. The number of carbonyl (C=O) groups is 2. The highest BCUT2D eigenvalue weighted by Crippen LogP contribution is 2.19. The average molecular weight is 369 g/mol. The molecule has 0 saturated carbocycles. The van der Waals surface area contributed by atoms with E-state index >= 15 is 0 Å². The fourth-order valence-corrected chi connectivity index (χ4v) is 2.72. The molecule has 3 rings (SSSR count). The molecule has 3 aromatic rings. The molecule has 0 atom stereocenters. The molecule has 2 amide bonds. The van der Waals surface area contributed by atoms with Crippen LogP contribution in [-0.4, -0.2) is 27.7 Å². The van der Waals surface area contributed by atoms with Gasteiger partial charge < -0.3 is 10.6 Å². The zero-order chi connectivity index (χ0) is 18.5. The summed E-state index contributed by atoms with van der Waals surface area (Å²) in [5.41, 5.74) is 2.34. The van der Waals surface area contributed by atoms with Crippen molar-refractivity contribution in [2.75, 3.05) is 11.9 Å². The molecule has 6 nitrogen and oxygen atoms in total. The molecule has 0 spiro atoms. The fourth-order valence-electron chi connectivity index (χ4n) is 2.47. The van der Waals surface area contributed by atoms with Crippen LogP contribution >= 0.6 is 11.6 Å². The molecule has 132 valence electrons. The van der Waals surface area contributed by atoms with Gasteiger partial charge >= 0.3 is 0 Å². The molecule has 7 heteroatoms. The quantitative estimate of drug-likeness (QED) is 0.678. The lowest BCUT2D eigenvalue weighted by Crippen LogP contribution is -2.22. The number of carbonyl (C=O) groups excluding carboxylic acids is 2. The van der Waals surface area contributed by atoms with Gasteiger partial charge in [0.1, 0.15) is 5.65 Å². The van der Waals surface area contributed by atoms with Gasteiger partial charge in [-0.3, -0.25) is 14.0 Å². The summed E-state index contributed by atoms with van der Waals surface area (Å²) in [6.45, 7) is 2.39. The Hall–Kier alpha value is -3.12. The Bertz CT molecular complexity index is 994. The number of rotatable bonds is 5. The Labute approximate surface area is 155 Å². The van der Waals surface area contributed by atoms with E-state index < -0.39 is 0 Å². The summed E-state index contributed by atoms with van der Waals surface area (Å²) in [6, 6.07) is 12.3. The molecule has 0 unspecified atom stereocenters. The number of hydrogen-bond acceptors (Lipinski definition) is 3. The van der Waals surface area contributed by atoms with Gasteiger partial charge in [-0.1, -0.05) is 23.7 Å². The molecule has 0 aliphatic carbocycles. The van der Waals surface area contributed by atoms with Gasteiger partial charge in [-0.05, 0) is 43.3 Å². The summed E-state index contributed by atoms with van der Waals surface area (Å²) in [5, 5.41) is 5.77. The first kappa shape index (κ1) is 17.7. The second kappa shape index (κ2) is 7.84. The van der Waals surface area contributed by atoms with Gasteiger partial charge in [0.05, 0.1) is 5.69 Å². The van der Waals surface area contributed by atoms with Crippen molar-refractivity contribution in [1.29, 1.82) is 0 Å². The Kier molecular flexibility index (Phi) is 5.34. The Morgan fingerprint density at radius 3 is 2.88 bits per heavy atom. The molecule has 0 fully saturated rings. The second-order valence-corrected chi connectivity index (χ2v) is 5.84. The number of nitrogens with one attached hydrogen (secondary N) is 2. The minimum atomic E-state index is -0.333. The molecule has 2 aromatic heterocycles. The summed E-state index contributed by atoms with van der Waals surface area (Å²) in [6.07, 6.45) is 4.80. The van der Waals surface area contributed by atoms with Crippen LogP contribution in [0, 0.1) is 0 Å². The van der Waals surface area contributed by atoms with Crippen molar-refractivity contribution in [2.45, 2.75) is 6.92 Å². The van der Waals surface area contributed by atoms with Gasteiger partial charge in [0.25, 0.3) is 5.91 Å². The van der Waals surface area contributed by atoms with Crippen LogP contribution in [0.5, 0.6) is 0 Å². The number of halogens is 1. The van der Waals surface area contributed by atoms with Gasteiger partial charge in [-0.15, -0.1) is 0 Å². The first-order chi connectivity index (χ1) is 12.6. The largest absolute Gasteiger partial charge is 0.352 e. The standard InChI is InChI=1S/C19H17ClN4O2/c1-2-21-19(26)13-6-5-7-14(12-13)22-17(25)10-9-15-18(20)23-16-8-3-4-11-24(15)16/h3-12H,2H2,1H3,(H,21,26)(H,22,25)/b10-9+. The highest BCUT2D eigenvalue weighted by atomic mass is 35.5. The van der Waals surface area contributed by atoms with E-state index in [-0.39, 0.29) is 11.8 Å². The van der Waals surface area contributed by atoms with Crippen molar-refractivity contribution in [2.24, 2.45) is 0 Å². The van der Waals surface area contributed by atoms with E-state index in [4.69, 9.17) is 11.6 Å². The lowest BCUT2D eigenvalue weighted by Gasteiger charge is -2.06. The van der Waals surface area contributed by atoms with Crippen LogP contribution in [0.4, 0.5) is 5.69 Å². The van der Waals surface area contributed by atoms with Crippen LogP contribution in [0.1, 0.15) is 23.0 Å². The number of nitrogens with zero attached hydrogens (tertiary/aromatic N) is 2. The molecule has 26 heavy (non-hydrogen) atoms.